The molecular formula is C17H24N4OS. The molecule has 0 aliphatic carbocycles. The van der Waals surface area contributed by atoms with Crippen LogP contribution in [-0.4, -0.2) is 56.4 Å². The van der Waals surface area contributed by atoms with E-state index in [0.717, 1.165) is 40.3 Å². The van der Waals surface area contributed by atoms with Crippen molar-refractivity contribution in [3.05, 3.63) is 23.1 Å². The van der Waals surface area contributed by atoms with Crippen molar-refractivity contribution < 1.29 is 4.79 Å². The zero-order valence-electron chi connectivity index (χ0n) is 13.8. The first kappa shape index (κ1) is 16.4. The standard InChI is InChI=1S/C16H19N3OS.CH5N/c1-18-6-2-5-16(9-18)10-19(11-16)14-4-3-12-7-13(8-20)21-15(12)17-14;1-2/h3-4,7-8H,2,5-6,9-11H2,1H3;2H2,1H3. The minimum Gasteiger partial charge on any atom is -0.355 e. The monoisotopic (exact) mass is 332 g/mol. The number of carbonyl (C=O) groups excluding carboxylic acids is 1. The number of pyridine rings is 1. The second-order valence-corrected chi connectivity index (χ2v) is 7.59. The highest BCUT2D eigenvalue weighted by molar-refractivity contribution is 7.20. The number of hydrogen-bond donors (Lipinski definition) is 1. The van der Waals surface area contributed by atoms with E-state index in [4.69, 9.17) is 4.98 Å². The Kier molecular flexibility index (Phi) is 4.66. The third-order valence-electron chi connectivity index (χ3n) is 4.73. The molecule has 0 unspecified atom stereocenters. The predicted molar refractivity (Wildman–Crippen MR) is 96.5 cm³/mol. The average Bonchev–Trinajstić information content (AvgIpc) is 2.96. The number of nitrogens with two attached hydrogens (primary N) is 1. The largest absolute Gasteiger partial charge is 0.355 e. The van der Waals surface area contributed by atoms with Crippen molar-refractivity contribution in [1.82, 2.24) is 9.88 Å². The van der Waals surface area contributed by atoms with Gasteiger partial charge in [-0.3, -0.25) is 4.79 Å². The molecule has 0 radical (unpaired) electrons. The SMILES string of the molecule is CN.CN1CCCC2(C1)CN(c1ccc3cc(C=O)sc3n1)C2. The highest BCUT2D eigenvalue weighted by atomic mass is 32.1. The highest BCUT2D eigenvalue weighted by Crippen LogP contribution is 2.41. The number of piperidine rings is 1. The molecule has 1 spiro atoms. The smallest absolute Gasteiger partial charge is 0.160 e. The van der Waals surface area contributed by atoms with Gasteiger partial charge in [0.05, 0.1) is 4.88 Å². The number of hydrogen-bond acceptors (Lipinski definition) is 6. The van der Waals surface area contributed by atoms with E-state index in [0.29, 0.717) is 5.41 Å². The summed E-state index contributed by atoms with van der Waals surface area (Å²) in [6.45, 7) is 4.67. The van der Waals surface area contributed by atoms with Crippen molar-refractivity contribution in [1.29, 1.82) is 0 Å². The molecule has 4 rings (SSSR count). The molecule has 0 saturated carbocycles. The van der Waals surface area contributed by atoms with Gasteiger partial charge in [-0.15, -0.1) is 11.3 Å². The molecule has 124 valence electrons. The summed E-state index contributed by atoms with van der Waals surface area (Å²) in [5, 5.41) is 1.07. The number of likely N-dealkylation sites (tertiary alicyclic amines) is 1. The van der Waals surface area contributed by atoms with Gasteiger partial charge in [-0.1, -0.05) is 0 Å². The number of anilines is 1. The minimum atomic E-state index is 0.479. The van der Waals surface area contributed by atoms with Crippen LogP contribution in [0.5, 0.6) is 0 Å². The van der Waals surface area contributed by atoms with E-state index in [9.17, 15) is 4.79 Å². The number of aldehydes is 1. The fourth-order valence-corrected chi connectivity index (χ4v) is 4.64. The molecule has 2 N–H and O–H groups in total. The summed E-state index contributed by atoms with van der Waals surface area (Å²) < 4.78 is 0. The second kappa shape index (κ2) is 6.55. The van der Waals surface area contributed by atoms with Gasteiger partial charge in [0.1, 0.15) is 10.6 Å². The van der Waals surface area contributed by atoms with Gasteiger partial charge in [-0.05, 0) is 51.7 Å². The van der Waals surface area contributed by atoms with Crippen LogP contribution < -0.4 is 10.6 Å². The molecule has 23 heavy (non-hydrogen) atoms. The lowest BCUT2D eigenvalue weighted by molar-refractivity contribution is 0.0779. The molecule has 2 aliphatic rings. The molecule has 2 aliphatic heterocycles. The summed E-state index contributed by atoms with van der Waals surface area (Å²) in [6, 6.07) is 6.08. The summed E-state index contributed by atoms with van der Waals surface area (Å²) in [5.41, 5.74) is 4.98. The van der Waals surface area contributed by atoms with E-state index in [-0.39, 0.29) is 0 Å². The summed E-state index contributed by atoms with van der Waals surface area (Å²) in [5.74, 6) is 1.06. The first-order chi connectivity index (χ1) is 11.2. The van der Waals surface area contributed by atoms with Gasteiger partial charge in [-0.2, -0.15) is 0 Å². The van der Waals surface area contributed by atoms with E-state index in [1.807, 2.05) is 6.07 Å². The Morgan fingerprint density at radius 2 is 2.09 bits per heavy atom. The van der Waals surface area contributed by atoms with Crippen LogP contribution in [0.4, 0.5) is 5.82 Å². The maximum absolute atomic E-state index is 10.9. The number of fused-ring (bicyclic) bond motifs is 1. The minimum absolute atomic E-state index is 0.479. The fraction of sp³-hybridized carbons (Fsp3) is 0.529. The van der Waals surface area contributed by atoms with Gasteiger partial charge < -0.3 is 15.5 Å². The molecule has 4 heterocycles. The normalized spacial score (nSPS) is 20.0. The van der Waals surface area contributed by atoms with Crippen molar-refractivity contribution in [2.75, 3.05) is 45.2 Å². The predicted octanol–water partition coefficient (Wildman–Crippen LogP) is 2.22. The van der Waals surface area contributed by atoms with Gasteiger partial charge >= 0.3 is 0 Å². The Labute approximate surface area is 141 Å². The summed E-state index contributed by atoms with van der Waals surface area (Å²) in [7, 11) is 3.72. The zero-order chi connectivity index (χ0) is 16.4. The Morgan fingerprint density at radius 3 is 2.78 bits per heavy atom. The Balaban J connectivity index is 0.000000753. The van der Waals surface area contributed by atoms with Crippen LogP contribution in [0, 0.1) is 5.41 Å². The fourth-order valence-electron chi connectivity index (χ4n) is 3.80. The molecule has 2 saturated heterocycles. The number of nitrogens with zero attached hydrogens (tertiary/aromatic N) is 3. The van der Waals surface area contributed by atoms with E-state index in [1.165, 1.54) is 44.3 Å². The number of carbonyl (C=O) groups is 1. The van der Waals surface area contributed by atoms with Crippen LogP contribution in [0.15, 0.2) is 18.2 Å². The number of aromatic nitrogens is 1. The lowest BCUT2D eigenvalue weighted by Crippen LogP contribution is -2.62. The lowest BCUT2D eigenvalue weighted by Gasteiger charge is -2.54. The van der Waals surface area contributed by atoms with E-state index in [2.05, 4.69) is 34.7 Å². The molecule has 0 bridgehead atoms. The molecule has 2 aromatic heterocycles. The second-order valence-electron chi connectivity index (χ2n) is 6.53. The van der Waals surface area contributed by atoms with Gasteiger partial charge in [0.25, 0.3) is 0 Å². The number of thiophene rings is 1. The molecule has 6 heteroatoms. The molecule has 2 aromatic rings. The van der Waals surface area contributed by atoms with Gasteiger partial charge in [0, 0.05) is 30.4 Å². The Morgan fingerprint density at radius 1 is 1.30 bits per heavy atom. The molecular weight excluding hydrogens is 308 g/mol. The first-order valence-corrected chi connectivity index (χ1v) is 8.86. The van der Waals surface area contributed by atoms with Crippen molar-refractivity contribution in [2.45, 2.75) is 12.8 Å². The molecule has 5 nitrogen and oxygen atoms in total. The number of rotatable bonds is 2. The Bertz CT molecular complexity index is 693. The zero-order valence-corrected chi connectivity index (χ0v) is 14.6. The molecule has 0 amide bonds. The van der Waals surface area contributed by atoms with Crippen LogP contribution in [0.25, 0.3) is 10.2 Å². The van der Waals surface area contributed by atoms with Crippen LogP contribution in [0.1, 0.15) is 22.5 Å². The van der Waals surface area contributed by atoms with Gasteiger partial charge in [-0.25, -0.2) is 4.98 Å². The van der Waals surface area contributed by atoms with Crippen molar-refractivity contribution in [3.63, 3.8) is 0 Å². The molecule has 0 aromatic carbocycles. The maximum Gasteiger partial charge on any atom is 0.160 e. The maximum atomic E-state index is 10.9. The van der Waals surface area contributed by atoms with Crippen LogP contribution in [-0.2, 0) is 0 Å². The van der Waals surface area contributed by atoms with Crippen molar-refractivity contribution in [3.8, 4) is 0 Å². The third kappa shape index (κ3) is 3.11. The summed E-state index contributed by atoms with van der Waals surface area (Å²) in [4.78, 5) is 22.1. The van der Waals surface area contributed by atoms with Gasteiger partial charge in [0.2, 0.25) is 0 Å². The van der Waals surface area contributed by atoms with E-state index < -0.39 is 0 Å². The van der Waals surface area contributed by atoms with E-state index in [1.54, 1.807) is 0 Å². The van der Waals surface area contributed by atoms with E-state index >= 15 is 0 Å². The average molecular weight is 332 g/mol. The topological polar surface area (TPSA) is 62.5 Å². The summed E-state index contributed by atoms with van der Waals surface area (Å²) in [6.07, 6.45) is 3.55. The van der Waals surface area contributed by atoms with Crippen molar-refractivity contribution in [2.24, 2.45) is 11.1 Å². The summed E-state index contributed by atoms with van der Waals surface area (Å²) >= 11 is 1.48. The van der Waals surface area contributed by atoms with Crippen LogP contribution in [0.2, 0.25) is 0 Å². The molecule has 0 atom stereocenters. The Hall–Kier alpha value is -1.50. The first-order valence-electron chi connectivity index (χ1n) is 8.05. The third-order valence-corrected chi connectivity index (χ3v) is 5.70. The van der Waals surface area contributed by atoms with Gasteiger partial charge in [0.15, 0.2) is 6.29 Å². The van der Waals surface area contributed by atoms with Crippen molar-refractivity contribution >= 4 is 33.7 Å². The molecule has 2 fully saturated rings. The van der Waals surface area contributed by atoms with Crippen LogP contribution in [0.3, 0.4) is 0 Å². The van der Waals surface area contributed by atoms with Crippen LogP contribution >= 0.6 is 11.3 Å². The highest BCUT2D eigenvalue weighted by Gasteiger charge is 2.45. The lowest BCUT2D eigenvalue weighted by atomic mass is 9.73. The quantitative estimate of drug-likeness (QED) is 0.855.